The van der Waals surface area contributed by atoms with Crippen LogP contribution in [0.4, 0.5) is 0 Å². The number of hydrogen-bond acceptors (Lipinski definition) is 1. The van der Waals surface area contributed by atoms with Crippen LogP contribution in [-0.4, -0.2) is 13.6 Å². The average Bonchev–Trinajstić information content (AvgIpc) is 2.29. The summed E-state index contributed by atoms with van der Waals surface area (Å²) in [4.78, 5) is 0. The van der Waals surface area contributed by atoms with Gasteiger partial charge < -0.3 is 5.32 Å². The van der Waals surface area contributed by atoms with Gasteiger partial charge in [-0.1, -0.05) is 49.8 Å². The van der Waals surface area contributed by atoms with Crippen molar-refractivity contribution in [3.8, 4) is 0 Å². The van der Waals surface area contributed by atoms with Gasteiger partial charge in [-0.2, -0.15) is 0 Å². The van der Waals surface area contributed by atoms with Crippen LogP contribution in [0.15, 0.2) is 29.8 Å². The SMILES string of the molecule is CCC(=Cc1ccccc1CC)CNC. The van der Waals surface area contributed by atoms with Crippen molar-refractivity contribution < 1.29 is 0 Å². The van der Waals surface area contributed by atoms with Gasteiger partial charge in [0.05, 0.1) is 0 Å². The van der Waals surface area contributed by atoms with Crippen LogP contribution in [0.1, 0.15) is 31.4 Å². The molecule has 1 aromatic rings. The van der Waals surface area contributed by atoms with Crippen LogP contribution in [-0.2, 0) is 6.42 Å². The second-order valence-electron chi connectivity index (χ2n) is 3.74. The fourth-order valence-corrected chi connectivity index (χ4v) is 1.72. The van der Waals surface area contributed by atoms with E-state index < -0.39 is 0 Å². The lowest BCUT2D eigenvalue weighted by molar-refractivity contribution is 0.850. The molecule has 0 heterocycles. The molecule has 0 radical (unpaired) electrons. The van der Waals surface area contributed by atoms with Gasteiger partial charge in [0.15, 0.2) is 0 Å². The van der Waals surface area contributed by atoms with Crippen LogP contribution < -0.4 is 5.32 Å². The van der Waals surface area contributed by atoms with E-state index in [0.717, 1.165) is 19.4 Å². The molecule has 1 aromatic carbocycles. The van der Waals surface area contributed by atoms with Crippen molar-refractivity contribution >= 4 is 6.08 Å². The number of likely N-dealkylation sites (N-methyl/N-ethyl adjacent to an activating group) is 1. The first kappa shape index (κ1) is 12.0. The summed E-state index contributed by atoms with van der Waals surface area (Å²) in [6.45, 7) is 5.39. The molecule has 0 aliphatic rings. The van der Waals surface area contributed by atoms with Gasteiger partial charge >= 0.3 is 0 Å². The summed E-state index contributed by atoms with van der Waals surface area (Å²) in [7, 11) is 2.00. The fraction of sp³-hybridized carbons (Fsp3) is 0.429. The highest BCUT2D eigenvalue weighted by molar-refractivity contribution is 5.57. The van der Waals surface area contributed by atoms with E-state index in [9.17, 15) is 0 Å². The summed E-state index contributed by atoms with van der Waals surface area (Å²) in [5.74, 6) is 0. The van der Waals surface area contributed by atoms with Crippen molar-refractivity contribution in [2.24, 2.45) is 0 Å². The highest BCUT2D eigenvalue weighted by Crippen LogP contribution is 2.14. The first-order valence-electron chi connectivity index (χ1n) is 5.73. The molecule has 1 heteroatoms. The Hall–Kier alpha value is -1.08. The van der Waals surface area contributed by atoms with Crippen LogP contribution >= 0.6 is 0 Å². The Balaban J connectivity index is 2.94. The maximum atomic E-state index is 3.21. The number of aryl methyl sites for hydroxylation is 1. The summed E-state index contributed by atoms with van der Waals surface area (Å²) < 4.78 is 0. The summed E-state index contributed by atoms with van der Waals surface area (Å²) in [6.07, 6.45) is 4.53. The normalized spacial score (nSPS) is 11.8. The highest BCUT2D eigenvalue weighted by Gasteiger charge is 1.98. The van der Waals surface area contributed by atoms with E-state index in [1.54, 1.807) is 0 Å². The van der Waals surface area contributed by atoms with E-state index in [4.69, 9.17) is 0 Å². The standard InChI is InChI=1S/C14H21N/c1-4-12(11-15-3)10-14-9-7-6-8-13(14)5-2/h6-10,15H,4-5,11H2,1-3H3. The van der Waals surface area contributed by atoms with E-state index in [1.165, 1.54) is 16.7 Å². The second kappa shape index (κ2) is 6.41. The first-order valence-corrected chi connectivity index (χ1v) is 5.73. The van der Waals surface area contributed by atoms with Crippen LogP contribution in [0.3, 0.4) is 0 Å². The lowest BCUT2D eigenvalue weighted by atomic mass is 10.0. The molecular formula is C14H21N. The Morgan fingerprint density at radius 1 is 1.27 bits per heavy atom. The van der Waals surface area contributed by atoms with Gasteiger partial charge in [-0.15, -0.1) is 0 Å². The lowest BCUT2D eigenvalue weighted by Gasteiger charge is -2.07. The summed E-state index contributed by atoms with van der Waals surface area (Å²) in [5, 5.41) is 3.21. The third-order valence-electron chi connectivity index (χ3n) is 2.65. The zero-order valence-corrected chi connectivity index (χ0v) is 10.0. The molecule has 1 rings (SSSR count). The molecule has 0 atom stereocenters. The van der Waals surface area contributed by atoms with Crippen molar-refractivity contribution in [1.29, 1.82) is 0 Å². The second-order valence-corrected chi connectivity index (χ2v) is 3.74. The summed E-state index contributed by atoms with van der Waals surface area (Å²) in [5.41, 5.74) is 4.25. The quantitative estimate of drug-likeness (QED) is 0.774. The number of hydrogen-bond donors (Lipinski definition) is 1. The van der Waals surface area contributed by atoms with Crippen LogP contribution in [0.5, 0.6) is 0 Å². The van der Waals surface area contributed by atoms with Crippen molar-refractivity contribution in [3.05, 3.63) is 41.0 Å². The molecule has 1 nitrogen and oxygen atoms in total. The van der Waals surface area contributed by atoms with Gasteiger partial charge in [0, 0.05) is 6.54 Å². The fourth-order valence-electron chi connectivity index (χ4n) is 1.72. The summed E-state index contributed by atoms with van der Waals surface area (Å²) >= 11 is 0. The van der Waals surface area contributed by atoms with Crippen LogP contribution in [0, 0.1) is 0 Å². The zero-order chi connectivity index (χ0) is 11.1. The first-order chi connectivity index (χ1) is 7.31. The van der Waals surface area contributed by atoms with Crippen LogP contribution in [0.25, 0.3) is 6.08 Å². The van der Waals surface area contributed by atoms with Gasteiger partial charge in [0.1, 0.15) is 0 Å². The predicted octanol–water partition coefficient (Wildman–Crippen LogP) is 3.26. The molecule has 0 saturated carbocycles. The Kier molecular flexibility index (Phi) is 5.13. The molecule has 0 aliphatic carbocycles. The average molecular weight is 203 g/mol. The Bertz CT molecular complexity index is 326. The van der Waals surface area contributed by atoms with E-state index in [-0.39, 0.29) is 0 Å². The third-order valence-corrected chi connectivity index (χ3v) is 2.65. The largest absolute Gasteiger partial charge is 0.316 e. The zero-order valence-electron chi connectivity index (χ0n) is 10.0. The van der Waals surface area contributed by atoms with E-state index >= 15 is 0 Å². The maximum Gasteiger partial charge on any atom is 0.0164 e. The van der Waals surface area contributed by atoms with Gasteiger partial charge in [0.2, 0.25) is 0 Å². The molecule has 0 spiro atoms. The number of benzene rings is 1. The van der Waals surface area contributed by atoms with Crippen LogP contribution in [0.2, 0.25) is 0 Å². The van der Waals surface area contributed by atoms with Crippen molar-refractivity contribution in [2.45, 2.75) is 26.7 Å². The van der Waals surface area contributed by atoms with Gasteiger partial charge in [-0.25, -0.2) is 0 Å². The maximum absolute atomic E-state index is 3.21. The summed E-state index contributed by atoms with van der Waals surface area (Å²) in [6, 6.07) is 8.63. The Morgan fingerprint density at radius 3 is 2.60 bits per heavy atom. The van der Waals surface area contributed by atoms with Crippen molar-refractivity contribution in [1.82, 2.24) is 5.32 Å². The van der Waals surface area contributed by atoms with Gasteiger partial charge in [-0.3, -0.25) is 0 Å². The molecule has 15 heavy (non-hydrogen) atoms. The van der Waals surface area contributed by atoms with Crippen molar-refractivity contribution in [3.63, 3.8) is 0 Å². The lowest BCUT2D eigenvalue weighted by Crippen LogP contribution is -2.09. The predicted molar refractivity (Wildman–Crippen MR) is 68.0 cm³/mol. The minimum Gasteiger partial charge on any atom is -0.316 e. The minimum atomic E-state index is 0.981. The minimum absolute atomic E-state index is 0.981. The highest BCUT2D eigenvalue weighted by atomic mass is 14.8. The number of nitrogens with one attached hydrogen (secondary N) is 1. The van der Waals surface area contributed by atoms with E-state index in [0.29, 0.717) is 0 Å². The molecule has 0 unspecified atom stereocenters. The van der Waals surface area contributed by atoms with Gasteiger partial charge in [0.25, 0.3) is 0 Å². The molecule has 0 fully saturated rings. The third kappa shape index (κ3) is 3.52. The monoisotopic (exact) mass is 203 g/mol. The Morgan fingerprint density at radius 2 is 2.00 bits per heavy atom. The molecule has 0 aliphatic heterocycles. The molecule has 82 valence electrons. The number of rotatable bonds is 5. The van der Waals surface area contributed by atoms with Crippen molar-refractivity contribution in [2.75, 3.05) is 13.6 Å². The van der Waals surface area contributed by atoms with E-state index in [2.05, 4.69) is 49.5 Å². The molecule has 0 bridgehead atoms. The topological polar surface area (TPSA) is 12.0 Å². The molecular weight excluding hydrogens is 182 g/mol. The molecule has 0 amide bonds. The van der Waals surface area contributed by atoms with Gasteiger partial charge in [-0.05, 0) is 31.0 Å². The molecule has 0 aromatic heterocycles. The van der Waals surface area contributed by atoms with E-state index in [1.807, 2.05) is 7.05 Å². The molecule has 1 N–H and O–H groups in total. The smallest absolute Gasteiger partial charge is 0.0164 e. The Labute approximate surface area is 93.2 Å². The molecule has 0 saturated heterocycles.